The summed E-state index contributed by atoms with van der Waals surface area (Å²) in [5, 5.41) is 2.89. The highest BCUT2D eigenvalue weighted by Crippen LogP contribution is 2.29. The monoisotopic (exact) mass is 239 g/mol. The summed E-state index contributed by atoms with van der Waals surface area (Å²) in [6.07, 6.45) is 0. The van der Waals surface area contributed by atoms with Crippen LogP contribution in [0.15, 0.2) is 18.2 Å². The highest BCUT2D eigenvalue weighted by atomic mass is 16.5. The zero-order valence-electron chi connectivity index (χ0n) is 10.4. The largest absolute Gasteiger partial charge is 0.497 e. The first-order valence-corrected chi connectivity index (χ1v) is 5.15. The summed E-state index contributed by atoms with van der Waals surface area (Å²) in [7, 11) is 6.15. The first kappa shape index (κ1) is 13.3. The predicted octanol–water partition coefficient (Wildman–Crippen LogP) is 1.14. The van der Waals surface area contributed by atoms with E-state index < -0.39 is 6.04 Å². The van der Waals surface area contributed by atoms with Gasteiger partial charge in [0.2, 0.25) is 0 Å². The van der Waals surface area contributed by atoms with Crippen molar-refractivity contribution in [1.82, 2.24) is 5.32 Å². The van der Waals surface area contributed by atoms with Crippen LogP contribution in [0.3, 0.4) is 0 Å². The van der Waals surface area contributed by atoms with Gasteiger partial charge in [-0.05, 0) is 19.2 Å². The van der Waals surface area contributed by atoms with Crippen molar-refractivity contribution in [2.45, 2.75) is 6.04 Å². The molecule has 1 N–H and O–H groups in total. The van der Waals surface area contributed by atoms with Crippen LogP contribution in [0.5, 0.6) is 11.5 Å². The van der Waals surface area contributed by atoms with Crippen molar-refractivity contribution in [1.29, 1.82) is 0 Å². The van der Waals surface area contributed by atoms with Crippen LogP contribution in [-0.2, 0) is 9.53 Å². The molecular weight excluding hydrogens is 222 g/mol. The fraction of sp³-hybridized carbons (Fsp3) is 0.417. The van der Waals surface area contributed by atoms with Crippen LogP contribution in [0.25, 0.3) is 0 Å². The first-order valence-electron chi connectivity index (χ1n) is 5.15. The van der Waals surface area contributed by atoms with Gasteiger partial charge in [0, 0.05) is 11.6 Å². The van der Waals surface area contributed by atoms with Crippen LogP contribution < -0.4 is 14.8 Å². The van der Waals surface area contributed by atoms with E-state index in [0.29, 0.717) is 17.1 Å². The number of carbonyl (C=O) groups excluding carboxylic acids is 1. The summed E-state index contributed by atoms with van der Waals surface area (Å²) in [6.45, 7) is 0. The van der Waals surface area contributed by atoms with Crippen molar-refractivity contribution < 1.29 is 19.0 Å². The Kier molecular flexibility index (Phi) is 4.78. The summed E-state index contributed by atoms with van der Waals surface area (Å²) in [5.74, 6) is 0.885. The van der Waals surface area contributed by atoms with Crippen molar-refractivity contribution in [3.05, 3.63) is 23.8 Å². The van der Waals surface area contributed by atoms with Gasteiger partial charge in [-0.1, -0.05) is 0 Å². The molecule has 0 aliphatic heterocycles. The van der Waals surface area contributed by atoms with E-state index >= 15 is 0 Å². The van der Waals surface area contributed by atoms with E-state index in [1.165, 1.54) is 7.11 Å². The molecule has 0 saturated carbocycles. The van der Waals surface area contributed by atoms with E-state index in [2.05, 4.69) is 5.32 Å². The molecule has 0 heterocycles. The van der Waals surface area contributed by atoms with E-state index in [1.807, 2.05) is 0 Å². The van der Waals surface area contributed by atoms with Gasteiger partial charge in [0.05, 0.1) is 21.3 Å². The lowest BCUT2D eigenvalue weighted by Crippen LogP contribution is -2.26. The van der Waals surface area contributed by atoms with Gasteiger partial charge in [-0.25, -0.2) is 4.79 Å². The third kappa shape index (κ3) is 2.88. The third-order valence-corrected chi connectivity index (χ3v) is 2.48. The van der Waals surface area contributed by atoms with Gasteiger partial charge in [-0.3, -0.25) is 0 Å². The van der Waals surface area contributed by atoms with E-state index in [-0.39, 0.29) is 5.97 Å². The van der Waals surface area contributed by atoms with Gasteiger partial charge in [-0.15, -0.1) is 0 Å². The Morgan fingerprint density at radius 1 is 1.24 bits per heavy atom. The number of carbonyl (C=O) groups is 1. The number of hydrogen-bond acceptors (Lipinski definition) is 5. The minimum absolute atomic E-state index is 0.365. The molecule has 5 heteroatoms. The van der Waals surface area contributed by atoms with E-state index in [1.54, 1.807) is 39.5 Å². The zero-order valence-corrected chi connectivity index (χ0v) is 10.4. The third-order valence-electron chi connectivity index (χ3n) is 2.48. The van der Waals surface area contributed by atoms with Gasteiger partial charge in [0.1, 0.15) is 17.5 Å². The van der Waals surface area contributed by atoms with Gasteiger partial charge in [0.15, 0.2) is 0 Å². The Bertz CT molecular complexity index is 392. The van der Waals surface area contributed by atoms with Crippen molar-refractivity contribution in [2.24, 2.45) is 0 Å². The minimum atomic E-state index is -0.555. The molecule has 94 valence electrons. The fourth-order valence-corrected chi connectivity index (χ4v) is 1.58. The molecule has 0 aliphatic rings. The molecule has 0 spiro atoms. The Labute approximate surface area is 101 Å². The topological polar surface area (TPSA) is 56.8 Å². The normalized spacial score (nSPS) is 11.8. The molecule has 0 aliphatic carbocycles. The van der Waals surface area contributed by atoms with Crippen molar-refractivity contribution in [3.8, 4) is 11.5 Å². The predicted molar refractivity (Wildman–Crippen MR) is 63.4 cm³/mol. The van der Waals surface area contributed by atoms with Crippen molar-refractivity contribution in [2.75, 3.05) is 28.4 Å². The van der Waals surface area contributed by atoms with Crippen LogP contribution in [0.2, 0.25) is 0 Å². The van der Waals surface area contributed by atoms with Gasteiger partial charge in [0.25, 0.3) is 0 Å². The fourth-order valence-electron chi connectivity index (χ4n) is 1.58. The summed E-state index contributed by atoms with van der Waals surface area (Å²) >= 11 is 0. The number of hydrogen-bond donors (Lipinski definition) is 1. The van der Waals surface area contributed by atoms with Gasteiger partial charge in [-0.2, -0.15) is 0 Å². The summed E-state index contributed by atoms with van der Waals surface area (Å²) in [5.41, 5.74) is 0.711. The number of rotatable bonds is 5. The molecular formula is C12H17NO4. The highest BCUT2D eigenvalue weighted by Gasteiger charge is 2.23. The Hall–Kier alpha value is -1.75. The Balaban J connectivity index is 3.14. The lowest BCUT2D eigenvalue weighted by atomic mass is 10.1. The second kappa shape index (κ2) is 6.10. The molecule has 1 aromatic rings. The SMILES string of the molecule is CNC(C(=O)OC)c1ccc(OC)cc1OC. The molecule has 0 saturated heterocycles. The van der Waals surface area contributed by atoms with Crippen LogP contribution >= 0.6 is 0 Å². The smallest absolute Gasteiger partial charge is 0.327 e. The first-order chi connectivity index (χ1) is 8.17. The average molecular weight is 239 g/mol. The maximum Gasteiger partial charge on any atom is 0.327 e. The molecule has 5 nitrogen and oxygen atoms in total. The molecule has 0 aromatic heterocycles. The highest BCUT2D eigenvalue weighted by molar-refractivity contribution is 5.78. The van der Waals surface area contributed by atoms with E-state index in [9.17, 15) is 4.79 Å². The van der Waals surface area contributed by atoms with E-state index in [4.69, 9.17) is 14.2 Å². The molecule has 1 atom stereocenters. The molecule has 0 fully saturated rings. The molecule has 0 radical (unpaired) electrons. The number of benzene rings is 1. The minimum Gasteiger partial charge on any atom is -0.497 e. The zero-order chi connectivity index (χ0) is 12.8. The lowest BCUT2D eigenvalue weighted by molar-refractivity contribution is -0.143. The quantitative estimate of drug-likeness (QED) is 0.781. The van der Waals surface area contributed by atoms with Crippen molar-refractivity contribution in [3.63, 3.8) is 0 Å². The molecule has 0 amide bonds. The number of methoxy groups -OCH3 is 3. The maximum atomic E-state index is 11.6. The maximum absolute atomic E-state index is 11.6. The number of esters is 1. The number of likely N-dealkylation sites (N-methyl/N-ethyl adjacent to an activating group) is 1. The van der Waals surface area contributed by atoms with Crippen LogP contribution in [0.4, 0.5) is 0 Å². The van der Waals surface area contributed by atoms with E-state index in [0.717, 1.165) is 0 Å². The molecule has 1 aromatic carbocycles. The standard InChI is InChI=1S/C12H17NO4/c1-13-11(12(14)17-4)9-6-5-8(15-2)7-10(9)16-3/h5-7,11,13H,1-4H3. The summed E-state index contributed by atoms with van der Waals surface area (Å²) < 4.78 is 15.1. The average Bonchev–Trinajstić information content (AvgIpc) is 2.39. The summed E-state index contributed by atoms with van der Waals surface area (Å²) in [4.78, 5) is 11.6. The van der Waals surface area contributed by atoms with Gasteiger partial charge >= 0.3 is 5.97 Å². The number of nitrogens with one attached hydrogen (secondary N) is 1. The molecule has 1 rings (SSSR count). The lowest BCUT2D eigenvalue weighted by Gasteiger charge is -2.17. The second-order valence-electron chi connectivity index (χ2n) is 3.35. The molecule has 0 bridgehead atoms. The molecule has 17 heavy (non-hydrogen) atoms. The number of ether oxygens (including phenoxy) is 3. The van der Waals surface area contributed by atoms with Crippen LogP contribution in [0.1, 0.15) is 11.6 Å². The summed E-state index contributed by atoms with van der Waals surface area (Å²) in [6, 6.07) is 4.71. The van der Waals surface area contributed by atoms with Gasteiger partial charge < -0.3 is 19.5 Å². The van der Waals surface area contributed by atoms with Crippen LogP contribution in [-0.4, -0.2) is 34.3 Å². The molecule has 1 unspecified atom stereocenters. The van der Waals surface area contributed by atoms with Crippen molar-refractivity contribution >= 4 is 5.97 Å². The second-order valence-corrected chi connectivity index (χ2v) is 3.35. The Morgan fingerprint density at radius 2 is 1.94 bits per heavy atom. The Morgan fingerprint density at radius 3 is 2.41 bits per heavy atom. The van der Waals surface area contributed by atoms with Crippen LogP contribution in [0, 0.1) is 0 Å².